The number of carbonyl (C=O) groups is 1. The zero-order chi connectivity index (χ0) is 12.2. The van der Waals surface area contributed by atoms with E-state index in [-0.39, 0.29) is 18.0 Å². The Bertz CT molecular complexity index is 270. The smallest absolute Gasteiger partial charge is 0.298 e. The molecule has 0 radical (unpaired) electrons. The maximum atomic E-state index is 11.8. The van der Waals surface area contributed by atoms with E-state index in [4.69, 9.17) is 0 Å². The summed E-state index contributed by atoms with van der Waals surface area (Å²) in [6.07, 6.45) is 0. The van der Waals surface area contributed by atoms with E-state index in [1.165, 1.54) is 0 Å². The highest BCUT2D eigenvalue weighted by atomic mass is 28.3. The third kappa shape index (κ3) is 5.63. The Morgan fingerprint density at radius 3 is 1.73 bits per heavy atom. The number of carbonyl (C=O) groups excluding carboxylic acids is 1. The summed E-state index contributed by atoms with van der Waals surface area (Å²) in [6.45, 7) is 14.5. The van der Waals surface area contributed by atoms with E-state index in [0.29, 0.717) is 0 Å². The van der Waals surface area contributed by atoms with Gasteiger partial charge in [-0.25, -0.2) is 0 Å². The Kier molecular flexibility index (Phi) is 5.09. The molecule has 0 rings (SSSR count). The minimum Gasteiger partial charge on any atom is -0.327 e. The fourth-order valence-electron chi connectivity index (χ4n) is 1.37. The molecule has 0 heterocycles. The molecule has 0 bridgehead atoms. The zero-order valence-corrected chi connectivity index (χ0v) is 12.0. The first kappa shape index (κ1) is 14.2. The molecule has 0 aliphatic rings. The van der Waals surface area contributed by atoms with E-state index < -0.39 is 8.07 Å². The molecular formula is C12H23NOSi. The van der Waals surface area contributed by atoms with Crippen molar-refractivity contribution in [2.75, 3.05) is 0 Å². The maximum Gasteiger partial charge on any atom is 0.298 e. The molecule has 0 saturated carbocycles. The van der Waals surface area contributed by atoms with Crippen LogP contribution in [0.2, 0.25) is 19.6 Å². The molecule has 0 N–H and O–H groups in total. The molecular weight excluding hydrogens is 202 g/mol. The number of hydrogen-bond donors (Lipinski definition) is 0. The molecule has 0 aromatic heterocycles. The molecule has 3 heteroatoms. The normalized spacial score (nSPS) is 11.3. The highest BCUT2D eigenvalue weighted by Crippen LogP contribution is 2.05. The molecule has 0 aliphatic carbocycles. The van der Waals surface area contributed by atoms with E-state index in [0.717, 1.165) is 0 Å². The largest absolute Gasteiger partial charge is 0.327 e. The molecule has 86 valence electrons. The van der Waals surface area contributed by atoms with Gasteiger partial charge in [0, 0.05) is 12.1 Å². The van der Waals surface area contributed by atoms with Crippen molar-refractivity contribution in [3.05, 3.63) is 0 Å². The SMILES string of the molecule is CC(C)N(C(=O)C#C[Si](C)(C)C)C(C)C. The van der Waals surface area contributed by atoms with Crippen LogP contribution in [-0.4, -0.2) is 31.0 Å². The van der Waals surface area contributed by atoms with E-state index >= 15 is 0 Å². The molecule has 0 aromatic carbocycles. The lowest BCUT2D eigenvalue weighted by atomic mass is 10.2. The van der Waals surface area contributed by atoms with Gasteiger partial charge in [-0.05, 0) is 33.6 Å². The van der Waals surface area contributed by atoms with Crippen molar-refractivity contribution < 1.29 is 4.79 Å². The Labute approximate surface area is 95.1 Å². The Balaban J connectivity index is 4.73. The molecule has 0 unspecified atom stereocenters. The van der Waals surface area contributed by atoms with E-state index in [1.54, 1.807) is 0 Å². The fourth-order valence-corrected chi connectivity index (χ4v) is 1.85. The van der Waals surface area contributed by atoms with Crippen LogP contribution in [0.4, 0.5) is 0 Å². The van der Waals surface area contributed by atoms with Crippen molar-refractivity contribution in [1.29, 1.82) is 0 Å². The summed E-state index contributed by atoms with van der Waals surface area (Å²) >= 11 is 0. The quantitative estimate of drug-likeness (QED) is 0.522. The van der Waals surface area contributed by atoms with Crippen LogP contribution in [0.5, 0.6) is 0 Å². The number of nitrogens with zero attached hydrogens (tertiary/aromatic N) is 1. The topological polar surface area (TPSA) is 20.3 Å². The Morgan fingerprint density at radius 1 is 1.07 bits per heavy atom. The number of hydrogen-bond acceptors (Lipinski definition) is 1. The molecule has 0 aliphatic heterocycles. The Hall–Kier alpha value is -0.753. The standard InChI is InChI=1S/C12H23NOSi/c1-10(2)13(11(3)4)12(14)8-9-15(5,6)7/h10-11H,1-7H3. The summed E-state index contributed by atoms with van der Waals surface area (Å²) in [6, 6.07) is 0.432. The van der Waals surface area contributed by atoms with Crippen LogP contribution < -0.4 is 0 Å². The van der Waals surface area contributed by atoms with E-state index in [1.807, 2.05) is 32.6 Å². The monoisotopic (exact) mass is 225 g/mol. The van der Waals surface area contributed by atoms with Crippen molar-refractivity contribution in [3.63, 3.8) is 0 Å². The number of rotatable bonds is 2. The second-order valence-corrected chi connectivity index (χ2v) is 10.1. The van der Waals surface area contributed by atoms with Crippen LogP contribution in [0.3, 0.4) is 0 Å². The third-order valence-electron chi connectivity index (χ3n) is 1.89. The third-order valence-corrected chi connectivity index (χ3v) is 2.77. The summed E-state index contributed by atoms with van der Waals surface area (Å²) in [4.78, 5) is 13.7. The molecule has 0 fully saturated rings. The highest BCUT2D eigenvalue weighted by Gasteiger charge is 2.18. The van der Waals surface area contributed by atoms with Gasteiger partial charge in [-0.2, -0.15) is 0 Å². The van der Waals surface area contributed by atoms with Crippen LogP contribution in [0.1, 0.15) is 27.7 Å². The summed E-state index contributed by atoms with van der Waals surface area (Å²) in [5, 5.41) is 0. The average Bonchev–Trinajstić information content (AvgIpc) is 1.97. The predicted octanol–water partition coefficient (Wildman–Crippen LogP) is 2.51. The Morgan fingerprint density at radius 2 is 1.47 bits per heavy atom. The lowest BCUT2D eigenvalue weighted by Crippen LogP contribution is -2.41. The van der Waals surface area contributed by atoms with Gasteiger partial charge in [0.1, 0.15) is 8.07 Å². The van der Waals surface area contributed by atoms with Crippen LogP contribution in [0, 0.1) is 11.5 Å². The van der Waals surface area contributed by atoms with Gasteiger partial charge in [0.25, 0.3) is 5.91 Å². The van der Waals surface area contributed by atoms with Crippen molar-refractivity contribution >= 4 is 14.0 Å². The zero-order valence-electron chi connectivity index (χ0n) is 11.0. The summed E-state index contributed by atoms with van der Waals surface area (Å²) in [5.74, 6) is 2.74. The van der Waals surface area contributed by atoms with Crippen LogP contribution in [0.25, 0.3) is 0 Å². The number of amides is 1. The van der Waals surface area contributed by atoms with Crippen molar-refractivity contribution in [2.24, 2.45) is 0 Å². The summed E-state index contributed by atoms with van der Waals surface area (Å²) in [5.41, 5.74) is 3.11. The van der Waals surface area contributed by atoms with Crippen LogP contribution in [-0.2, 0) is 4.79 Å². The maximum absolute atomic E-state index is 11.8. The van der Waals surface area contributed by atoms with E-state index in [9.17, 15) is 4.79 Å². The van der Waals surface area contributed by atoms with Gasteiger partial charge in [0.2, 0.25) is 0 Å². The second kappa shape index (κ2) is 5.36. The molecule has 0 spiro atoms. The first-order valence-corrected chi connectivity index (χ1v) is 9.00. The molecule has 0 atom stereocenters. The summed E-state index contributed by atoms with van der Waals surface area (Å²) < 4.78 is 0. The van der Waals surface area contributed by atoms with Gasteiger partial charge >= 0.3 is 0 Å². The molecule has 2 nitrogen and oxygen atoms in total. The lowest BCUT2D eigenvalue weighted by Gasteiger charge is -2.28. The van der Waals surface area contributed by atoms with Crippen molar-refractivity contribution in [2.45, 2.75) is 59.4 Å². The fraction of sp³-hybridized carbons (Fsp3) is 0.750. The highest BCUT2D eigenvalue weighted by molar-refractivity contribution is 6.84. The lowest BCUT2D eigenvalue weighted by molar-refractivity contribution is -0.128. The van der Waals surface area contributed by atoms with Crippen LogP contribution >= 0.6 is 0 Å². The minimum absolute atomic E-state index is 0.0394. The second-order valence-electron chi connectivity index (χ2n) is 5.40. The van der Waals surface area contributed by atoms with Gasteiger partial charge < -0.3 is 4.90 Å². The predicted molar refractivity (Wildman–Crippen MR) is 68.2 cm³/mol. The van der Waals surface area contributed by atoms with Gasteiger partial charge in [0.05, 0.1) is 0 Å². The summed E-state index contributed by atoms with van der Waals surface area (Å²) in [7, 11) is -1.44. The van der Waals surface area contributed by atoms with Crippen LogP contribution in [0.15, 0.2) is 0 Å². The first-order valence-electron chi connectivity index (χ1n) is 5.50. The van der Waals surface area contributed by atoms with Crippen molar-refractivity contribution in [1.82, 2.24) is 4.90 Å². The first-order chi connectivity index (χ1) is 6.65. The van der Waals surface area contributed by atoms with Crippen molar-refractivity contribution in [3.8, 4) is 11.5 Å². The minimum atomic E-state index is -1.44. The van der Waals surface area contributed by atoms with Gasteiger partial charge in [-0.15, -0.1) is 5.54 Å². The molecule has 0 aromatic rings. The van der Waals surface area contributed by atoms with E-state index in [2.05, 4.69) is 31.1 Å². The average molecular weight is 225 g/mol. The van der Waals surface area contributed by atoms with Gasteiger partial charge in [-0.1, -0.05) is 19.6 Å². The molecule has 0 saturated heterocycles. The van der Waals surface area contributed by atoms with Gasteiger partial charge in [-0.3, -0.25) is 4.79 Å². The molecule has 15 heavy (non-hydrogen) atoms. The van der Waals surface area contributed by atoms with Gasteiger partial charge in [0.15, 0.2) is 0 Å². The molecule has 1 amide bonds.